The molecule has 0 radical (unpaired) electrons. The number of hydrogen-bond acceptors (Lipinski definition) is 2. The maximum absolute atomic E-state index is 5.65. The van der Waals surface area contributed by atoms with E-state index >= 15 is 0 Å². The van der Waals surface area contributed by atoms with Crippen molar-refractivity contribution in [2.75, 3.05) is 0 Å². The summed E-state index contributed by atoms with van der Waals surface area (Å²) in [6, 6.07) is 12.0. The van der Waals surface area contributed by atoms with E-state index in [2.05, 4.69) is 33.0 Å². The molecule has 2 aromatic rings. The van der Waals surface area contributed by atoms with Gasteiger partial charge in [0.25, 0.3) is 0 Å². The van der Waals surface area contributed by atoms with Crippen LogP contribution in [-0.2, 0) is 11.9 Å². The fourth-order valence-corrected chi connectivity index (χ4v) is 1.69. The van der Waals surface area contributed by atoms with Crippen LogP contribution in [-0.4, -0.2) is 4.98 Å². The summed E-state index contributed by atoms with van der Waals surface area (Å²) in [5.74, 6) is 0.890. The summed E-state index contributed by atoms with van der Waals surface area (Å²) >= 11 is 3.41. The van der Waals surface area contributed by atoms with Crippen LogP contribution >= 0.6 is 15.9 Å². The number of benzene rings is 1. The van der Waals surface area contributed by atoms with Crippen LogP contribution in [0.3, 0.4) is 0 Å². The Hall–Kier alpha value is -1.35. The molecule has 0 aliphatic carbocycles. The van der Waals surface area contributed by atoms with Gasteiger partial charge in [-0.05, 0) is 35.4 Å². The first kappa shape index (κ1) is 11.1. The predicted octanol–water partition coefficient (Wildman–Crippen LogP) is 3.56. The van der Waals surface area contributed by atoms with Crippen LogP contribution in [0.15, 0.2) is 48.8 Å². The largest absolute Gasteiger partial charge is 0.489 e. The molecule has 2 nitrogen and oxygen atoms in total. The van der Waals surface area contributed by atoms with Gasteiger partial charge in [-0.1, -0.05) is 28.1 Å². The molecule has 0 fully saturated rings. The Kier molecular flexibility index (Phi) is 3.94. The normalized spacial score (nSPS) is 10.1. The molecular weight excluding hydrogens is 266 g/mol. The summed E-state index contributed by atoms with van der Waals surface area (Å²) in [5.41, 5.74) is 2.37. The quantitative estimate of drug-likeness (QED) is 0.798. The highest BCUT2D eigenvalue weighted by molar-refractivity contribution is 9.08. The summed E-state index contributed by atoms with van der Waals surface area (Å²) in [6.07, 6.45) is 3.54. The number of hydrogen-bond donors (Lipinski definition) is 0. The van der Waals surface area contributed by atoms with Gasteiger partial charge in [-0.2, -0.15) is 0 Å². The first-order chi connectivity index (χ1) is 7.88. The lowest BCUT2D eigenvalue weighted by molar-refractivity contribution is 0.306. The smallest absolute Gasteiger partial charge is 0.119 e. The van der Waals surface area contributed by atoms with Crippen molar-refractivity contribution in [3.63, 3.8) is 0 Å². The maximum atomic E-state index is 5.65. The first-order valence-corrected chi connectivity index (χ1v) is 6.17. The molecule has 1 heterocycles. The second kappa shape index (κ2) is 5.66. The molecule has 0 unspecified atom stereocenters. The molecule has 2 rings (SSSR count). The van der Waals surface area contributed by atoms with Gasteiger partial charge in [0, 0.05) is 17.7 Å². The van der Waals surface area contributed by atoms with Crippen molar-refractivity contribution in [3.8, 4) is 5.75 Å². The van der Waals surface area contributed by atoms with Gasteiger partial charge in [0.05, 0.1) is 0 Å². The highest BCUT2D eigenvalue weighted by Crippen LogP contribution is 2.15. The highest BCUT2D eigenvalue weighted by Gasteiger charge is 1.96. The summed E-state index contributed by atoms with van der Waals surface area (Å²) in [7, 11) is 0. The molecule has 0 N–H and O–H groups in total. The number of pyridine rings is 1. The van der Waals surface area contributed by atoms with E-state index in [9.17, 15) is 0 Å². The summed E-state index contributed by atoms with van der Waals surface area (Å²) in [4.78, 5) is 3.96. The number of rotatable bonds is 4. The van der Waals surface area contributed by atoms with Gasteiger partial charge in [-0.25, -0.2) is 0 Å². The Morgan fingerprint density at radius 2 is 1.62 bits per heavy atom. The third kappa shape index (κ3) is 3.07. The van der Waals surface area contributed by atoms with Crippen molar-refractivity contribution in [3.05, 3.63) is 59.9 Å². The minimum atomic E-state index is 0.580. The molecule has 0 bridgehead atoms. The van der Waals surface area contributed by atoms with E-state index in [1.165, 1.54) is 5.56 Å². The molecule has 0 aliphatic heterocycles. The Morgan fingerprint density at radius 1 is 0.938 bits per heavy atom. The molecule has 1 aromatic heterocycles. The van der Waals surface area contributed by atoms with Gasteiger partial charge < -0.3 is 4.74 Å². The lowest BCUT2D eigenvalue weighted by atomic mass is 10.2. The first-order valence-electron chi connectivity index (χ1n) is 5.05. The average Bonchev–Trinajstić information content (AvgIpc) is 2.38. The lowest BCUT2D eigenvalue weighted by Gasteiger charge is -2.06. The highest BCUT2D eigenvalue weighted by atomic mass is 79.9. The molecule has 0 aliphatic rings. The number of alkyl halides is 1. The molecule has 0 spiro atoms. The van der Waals surface area contributed by atoms with Crippen molar-refractivity contribution in [2.45, 2.75) is 11.9 Å². The van der Waals surface area contributed by atoms with Crippen molar-refractivity contribution in [2.24, 2.45) is 0 Å². The predicted molar refractivity (Wildman–Crippen MR) is 67.6 cm³/mol. The summed E-state index contributed by atoms with van der Waals surface area (Å²) in [5, 5.41) is 0.873. The molecule has 0 atom stereocenters. The Labute approximate surface area is 103 Å². The van der Waals surface area contributed by atoms with Crippen LogP contribution in [0.25, 0.3) is 0 Å². The molecule has 0 amide bonds. The number of aromatic nitrogens is 1. The minimum absolute atomic E-state index is 0.580. The molecule has 0 saturated carbocycles. The zero-order chi connectivity index (χ0) is 11.2. The van der Waals surface area contributed by atoms with Gasteiger partial charge in [-0.15, -0.1) is 0 Å². The van der Waals surface area contributed by atoms with Gasteiger partial charge in [0.15, 0.2) is 0 Å². The van der Waals surface area contributed by atoms with Crippen molar-refractivity contribution >= 4 is 15.9 Å². The lowest BCUT2D eigenvalue weighted by Crippen LogP contribution is -1.95. The molecule has 82 valence electrons. The molecule has 16 heavy (non-hydrogen) atoms. The van der Waals surface area contributed by atoms with Gasteiger partial charge in [-0.3, -0.25) is 4.98 Å². The van der Waals surface area contributed by atoms with Crippen molar-refractivity contribution in [1.29, 1.82) is 0 Å². The second-order valence-corrected chi connectivity index (χ2v) is 3.98. The van der Waals surface area contributed by atoms with Crippen LogP contribution < -0.4 is 4.74 Å². The number of halogens is 1. The van der Waals surface area contributed by atoms with Crippen LogP contribution in [0.4, 0.5) is 0 Å². The Balaban J connectivity index is 1.94. The standard InChI is InChI=1S/C13H12BrNO/c14-9-11-1-3-13(4-2-11)16-10-12-5-7-15-8-6-12/h1-8H,9-10H2. The molecular formula is C13H12BrNO. The zero-order valence-corrected chi connectivity index (χ0v) is 10.4. The molecule has 1 aromatic carbocycles. The van der Waals surface area contributed by atoms with Gasteiger partial charge >= 0.3 is 0 Å². The third-order valence-electron chi connectivity index (χ3n) is 2.23. The fourth-order valence-electron chi connectivity index (χ4n) is 1.32. The summed E-state index contributed by atoms with van der Waals surface area (Å²) < 4.78 is 5.65. The van der Waals surface area contributed by atoms with Crippen LogP contribution in [0.1, 0.15) is 11.1 Å². The van der Waals surface area contributed by atoms with Crippen LogP contribution in [0, 0.1) is 0 Å². The van der Waals surface area contributed by atoms with Gasteiger partial charge in [0.2, 0.25) is 0 Å². The number of nitrogens with zero attached hydrogens (tertiary/aromatic N) is 1. The topological polar surface area (TPSA) is 22.1 Å². The van der Waals surface area contributed by atoms with Crippen molar-refractivity contribution in [1.82, 2.24) is 4.98 Å². The Bertz CT molecular complexity index is 427. The van der Waals surface area contributed by atoms with Crippen LogP contribution in [0.2, 0.25) is 0 Å². The SMILES string of the molecule is BrCc1ccc(OCc2ccncc2)cc1. The summed E-state index contributed by atoms with van der Waals surface area (Å²) in [6.45, 7) is 0.580. The zero-order valence-electron chi connectivity index (χ0n) is 8.77. The minimum Gasteiger partial charge on any atom is -0.489 e. The van der Waals surface area contributed by atoms with E-state index in [1.54, 1.807) is 12.4 Å². The molecule has 3 heteroatoms. The van der Waals surface area contributed by atoms with E-state index in [4.69, 9.17) is 4.74 Å². The monoisotopic (exact) mass is 277 g/mol. The fraction of sp³-hybridized carbons (Fsp3) is 0.154. The van der Waals surface area contributed by atoms with Gasteiger partial charge in [0.1, 0.15) is 12.4 Å². The van der Waals surface area contributed by atoms with E-state index in [-0.39, 0.29) is 0 Å². The van der Waals surface area contributed by atoms with Crippen molar-refractivity contribution < 1.29 is 4.74 Å². The Morgan fingerprint density at radius 3 is 2.25 bits per heavy atom. The van der Waals surface area contributed by atoms with E-state index in [0.29, 0.717) is 6.61 Å². The average molecular weight is 278 g/mol. The third-order valence-corrected chi connectivity index (χ3v) is 2.88. The molecule has 0 saturated heterocycles. The second-order valence-electron chi connectivity index (χ2n) is 3.42. The van der Waals surface area contributed by atoms with E-state index < -0.39 is 0 Å². The maximum Gasteiger partial charge on any atom is 0.119 e. The van der Waals surface area contributed by atoms with E-state index in [1.807, 2.05) is 24.3 Å². The van der Waals surface area contributed by atoms with E-state index in [0.717, 1.165) is 16.6 Å². The number of ether oxygens (including phenoxy) is 1. The van der Waals surface area contributed by atoms with Crippen LogP contribution in [0.5, 0.6) is 5.75 Å².